The largest absolute Gasteiger partial charge is 0.508 e. The molecule has 1 aliphatic carbocycles. The number of aryl methyl sites for hydroxylation is 2. The molecule has 0 bridgehead atoms. The zero-order valence-electron chi connectivity index (χ0n) is 15.1. The number of aromatic nitrogens is 1. The number of carbonyl (C=O) groups excluding carboxylic acids is 1. The summed E-state index contributed by atoms with van der Waals surface area (Å²) in [6.45, 7) is 0.941. The Kier molecular flexibility index (Phi) is 4.45. The number of carbonyl (C=O) groups is 1. The maximum atomic E-state index is 12.9. The van der Waals surface area contributed by atoms with Crippen molar-refractivity contribution in [3.63, 3.8) is 0 Å². The Hall–Kier alpha value is -1.97. The van der Waals surface area contributed by atoms with Crippen molar-refractivity contribution in [2.75, 3.05) is 6.54 Å². The van der Waals surface area contributed by atoms with Crippen molar-refractivity contribution in [2.24, 2.45) is 13.0 Å². The molecular formula is C21H28N2O2. The van der Waals surface area contributed by atoms with Crippen molar-refractivity contribution < 1.29 is 9.90 Å². The van der Waals surface area contributed by atoms with Gasteiger partial charge in [-0.15, -0.1) is 0 Å². The molecule has 2 aliphatic rings. The van der Waals surface area contributed by atoms with E-state index in [1.165, 1.54) is 32.1 Å². The van der Waals surface area contributed by atoms with E-state index in [1.807, 2.05) is 19.2 Å². The molecule has 4 nitrogen and oxygen atoms in total. The van der Waals surface area contributed by atoms with Crippen LogP contribution in [-0.2, 0) is 18.3 Å². The summed E-state index contributed by atoms with van der Waals surface area (Å²) in [5, 5.41) is 10.8. The first kappa shape index (κ1) is 16.5. The minimum absolute atomic E-state index is 0.285. The van der Waals surface area contributed by atoms with Gasteiger partial charge in [-0.25, -0.2) is 0 Å². The lowest BCUT2D eigenvalue weighted by Gasteiger charge is -2.44. The minimum atomic E-state index is 0.285. The second-order valence-corrected chi connectivity index (χ2v) is 7.81. The van der Waals surface area contributed by atoms with E-state index < -0.39 is 0 Å². The Morgan fingerprint density at radius 3 is 2.88 bits per heavy atom. The second kappa shape index (κ2) is 6.74. The van der Waals surface area contributed by atoms with E-state index in [0.717, 1.165) is 41.8 Å². The number of fused-ring (bicyclic) bond motifs is 2. The predicted molar refractivity (Wildman–Crippen MR) is 99.6 cm³/mol. The van der Waals surface area contributed by atoms with Crippen molar-refractivity contribution in [3.05, 3.63) is 30.0 Å². The third kappa shape index (κ3) is 3.14. The molecule has 2 aromatic rings. The fraction of sp³-hybridized carbons (Fsp3) is 0.571. The molecular weight excluding hydrogens is 312 g/mol. The van der Waals surface area contributed by atoms with Crippen LogP contribution in [0.1, 0.15) is 50.5 Å². The van der Waals surface area contributed by atoms with E-state index in [4.69, 9.17) is 0 Å². The lowest BCUT2D eigenvalue weighted by atomic mass is 9.78. The van der Waals surface area contributed by atoms with Crippen molar-refractivity contribution in [1.29, 1.82) is 0 Å². The van der Waals surface area contributed by atoms with Crippen LogP contribution in [0.5, 0.6) is 5.75 Å². The third-order valence-electron chi connectivity index (χ3n) is 6.23. The van der Waals surface area contributed by atoms with Gasteiger partial charge in [0.1, 0.15) is 5.75 Å². The first-order valence-corrected chi connectivity index (χ1v) is 9.70. The molecule has 2 atom stereocenters. The monoisotopic (exact) mass is 340 g/mol. The number of hydrogen-bond acceptors (Lipinski definition) is 2. The van der Waals surface area contributed by atoms with E-state index in [2.05, 4.69) is 15.7 Å². The highest BCUT2D eigenvalue weighted by molar-refractivity contribution is 5.86. The van der Waals surface area contributed by atoms with Gasteiger partial charge in [0.05, 0.1) is 0 Å². The summed E-state index contributed by atoms with van der Waals surface area (Å²) in [7, 11) is 2.02. The number of aromatic hydroxyl groups is 1. The van der Waals surface area contributed by atoms with Crippen LogP contribution < -0.4 is 0 Å². The summed E-state index contributed by atoms with van der Waals surface area (Å²) in [4.78, 5) is 15.1. The number of amides is 1. The highest BCUT2D eigenvalue weighted by atomic mass is 16.3. The van der Waals surface area contributed by atoms with Crippen LogP contribution in [-0.4, -0.2) is 33.1 Å². The number of piperidine rings is 1. The molecule has 0 spiro atoms. The van der Waals surface area contributed by atoms with Gasteiger partial charge in [0, 0.05) is 43.2 Å². The average molecular weight is 340 g/mol. The van der Waals surface area contributed by atoms with Crippen LogP contribution in [0.3, 0.4) is 0 Å². The normalized spacial score (nSPS) is 23.6. The second-order valence-electron chi connectivity index (χ2n) is 7.81. The molecule has 0 radical (unpaired) electrons. The highest BCUT2D eigenvalue weighted by Crippen LogP contribution is 2.35. The topological polar surface area (TPSA) is 45.5 Å². The Morgan fingerprint density at radius 1 is 1.20 bits per heavy atom. The minimum Gasteiger partial charge on any atom is -0.508 e. The van der Waals surface area contributed by atoms with Crippen molar-refractivity contribution in [1.82, 2.24) is 9.47 Å². The van der Waals surface area contributed by atoms with E-state index in [0.29, 0.717) is 18.4 Å². The standard InChI is InChI=1S/C21H28N2O2/c1-22-14-16(18-13-17(24)9-10-20(18)22)8-11-21(25)23-12-4-6-15-5-2-3-7-19(15)23/h9-10,13-15,19,24H,2-8,11-12H2,1H3. The lowest BCUT2D eigenvalue weighted by Crippen LogP contribution is -2.49. The maximum absolute atomic E-state index is 12.9. The van der Waals surface area contributed by atoms with Gasteiger partial charge in [-0.3, -0.25) is 4.79 Å². The van der Waals surface area contributed by atoms with Crippen molar-refractivity contribution in [2.45, 2.75) is 57.4 Å². The molecule has 1 aromatic carbocycles. The summed E-state index contributed by atoms with van der Waals surface area (Å²) in [6, 6.07) is 5.96. The zero-order chi connectivity index (χ0) is 17.4. The van der Waals surface area contributed by atoms with E-state index in [-0.39, 0.29) is 5.75 Å². The van der Waals surface area contributed by atoms with Gasteiger partial charge in [-0.1, -0.05) is 12.8 Å². The number of likely N-dealkylation sites (tertiary alicyclic amines) is 1. The van der Waals surface area contributed by atoms with Gasteiger partial charge in [0.2, 0.25) is 5.91 Å². The lowest BCUT2D eigenvalue weighted by molar-refractivity contribution is -0.137. The Morgan fingerprint density at radius 2 is 2.00 bits per heavy atom. The molecule has 2 heterocycles. The number of nitrogens with zero attached hydrogens (tertiary/aromatic N) is 2. The number of benzene rings is 1. The third-order valence-corrected chi connectivity index (χ3v) is 6.23. The smallest absolute Gasteiger partial charge is 0.223 e. The Bertz CT molecular complexity index is 778. The maximum Gasteiger partial charge on any atom is 0.223 e. The van der Waals surface area contributed by atoms with Crippen molar-refractivity contribution >= 4 is 16.8 Å². The van der Waals surface area contributed by atoms with Crippen LogP contribution in [0.2, 0.25) is 0 Å². The van der Waals surface area contributed by atoms with Gasteiger partial charge < -0.3 is 14.6 Å². The van der Waals surface area contributed by atoms with Crippen LogP contribution >= 0.6 is 0 Å². The number of phenolic OH excluding ortho intramolecular Hbond substituents is 1. The summed E-state index contributed by atoms with van der Waals surface area (Å²) in [6.07, 6.45) is 11.0. The zero-order valence-corrected chi connectivity index (χ0v) is 15.1. The van der Waals surface area contributed by atoms with Gasteiger partial charge in [-0.05, 0) is 61.8 Å². The van der Waals surface area contributed by atoms with Crippen LogP contribution in [0, 0.1) is 5.92 Å². The Labute approximate surface area is 149 Å². The molecule has 1 saturated carbocycles. The summed E-state index contributed by atoms with van der Waals surface area (Å²) in [5.41, 5.74) is 2.25. The fourth-order valence-corrected chi connectivity index (χ4v) is 4.98. The molecule has 1 saturated heterocycles. The molecule has 134 valence electrons. The van der Waals surface area contributed by atoms with E-state index in [9.17, 15) is 9.90 Å². The molecule has 4 rings (SSSR count). The molecule has 2 unspecified atom stereocenters. The van der Waals surface area contributed by atoms with Crippen molar-refractivity contribution in [3.8, 4) is 5.75 Å². The van der Waals surface area contributed by atoms with Gasteiger partial charge in [0.25, 0.3) is 0 Å². The molecule has 4 heteroatoms. The van der Waals surface area contributed by atoms with E-state index >= 15 is 0 Å². The fourth-order valence-electron chi connectivity index (χ4n) is 4.98. The SMILES string of the molecule is Cn1cc(CCC(=O)N2CCCC3CCCCC32)c2cc(O)ccc21. The molecule has 1 amide bonds. The Balaban J connectivity index is 1.47. The highest BCUT2D eigenvalue weighted by Gasteiger charge is 2.35. The van der Waals surface area contributed by atoms with Gasteiger partial charge in [-0.2, -0.15) is 0 Å². The molecule has 25 heavy (non-hydrogen) atoms. The quantitative estimate of drug-likeness (QED) is 0.918. The first-order chi connectivity index (χ1) is 12.1. The van der Waals surface area contributed by atoms with E-state index in [1.54, 1.807) is 6.07 Å². The predicted octanol–water partition coefficient (Wildman–Crippen LogP) is 4.00. The van der Waals surface area contributed by atoms with Crippen LogP contribution in [0.4, 0.5) is 0 Å². The summed E-state index contributed by atoms with van der Waals surface area (Å²) >= 11 is 0. The molecule has 1 aromatic heterocycles. The molecule has 1 aliphatic heterocycles. The molecule has 1 N–H and O–H groups in total. The number of rotatable bonds is 3. The number of phenols is 1. The van der Waals surface area contributed by atoms with Gasteiger partial charge in [0.15, 0.2) is 0 Å². The summed E-state index contributed by atoms with van der Waals surface area (Å²) in [5.74, 6) is 1.34. The summed E-state index contributed by atoms with van der Waals surface area (Å²) < 4.78 is 2.08. The number of hydrogen-bond donors (Lipinski definition) is 1. The van der Waals surface area contributed by atoms with Crippen LogP contribution in [0.25, 0.3) is 10.9 Å². The van der Waals surface area contributed by atoms with Crippen LogP contribution in [0.15, 0.2) is 24.4 Å². The van der Waals surface area contributed by atoms with Gasteiger partial charge >= 0.3 is 0 Å². The average Bonchev–Trinajstić information content (AvgIpc) is 2.94. The first-order valence-electron chi connectivity index (χ1n) is 9.70. The molecule has 2 fully saturated rings.